The highest BCUT2D eigenvalue weighted by Crippen LogP contribution is 2.33. The summed E-state index contributed by atoms with van der Waals surface area (Å²) in [5.41, 5.74) is 0.957. The second-order valence-corrected chi connectivity index (χ2v) is 15.0. The standard InChI is InChI=1S/C23H30N2O7S3/c1-7-22(3,4)18-9-13-20(14-10-18)33(27,28)25(35(31,32)24-17-26)34(29,30)21-15-11-19(12-16-21)23(5,6)8-2/h9-16H,7-8H2,1-6H3. The SMILES string of the molecule is CCC(C)(C)c1ccc(S(=O)(=O)N(S(=O)(=O)N=C=O)S(=O)(=O)c2ccc(C(C)(C)CC)cc2)cc1. The Morgan fingerprint density at radius 3 is 1.26 bits per heavy atom. The van der Waals surface area contributed by atoms with Crippen molar-refractivity contribution in [2.24, 2.45) is 4.40 Å². The van der Waals surface area contributed by atoms with Gasteiger partial charge in [0, 0.05) is 3.12 Å². The molecular formula is C23H30N2O7S3. The highest BCUT2D eigenvalue weighted by atomic mass is 32.3. The van der Waals surface area contributed by atoms with Crippen molar-refractivity contribution in [2.75, 3.05) is 0 Å². The van der Waals surface area contributed by atoms with E-state index >= 15 is 0 Å². The molecule has 0 spiro atoms. The van der Waals surface area contributed by atoms with E-state index in [0.717, 1.165) is 54.3 Å². The molecule has 0 saturated carbocycles. The highest BCUT2D eigenvalue weighted by Gasteiger charge is 2.47. The minimum absolute atomic E-state index is 0.296. The third-order valence-electron chi connectivity index (χ3n) is 6.37. The molecule has 0 fully saturated rings. The zero-order valence-corrected chi connectivity index (χ0v) is 23.0. The van der Waals surface area contributed by atoms with Gasteiger partial charge in [0.1, 0.15) is 0 Å². The zero-order valence-electron chi connectivity index (χ0n) is 20.5. The first-order valence-electron chi connectivity index (χ1n) is 10.8. The van der Waals surface area contributed by atoms with E-state index in [1.165, 1.54) is 24.3 Å². The molecule has 9 nitrogen and oxygen atoms in total. The number of isocyanates is 1. The molecule has 0 aromatic heterocycles. The summed E-state index contributed by atoms with van der Waals surface area (Å²) in [5.74, 6) is 0. The summed E-state index contributed by atoms with van der Waals surface area (Å²) in [4.78, 5) is 9.56. The Morgan fingerprint density at radius 1 is 0.686 bits per heavy atom. The number of carbonyl (C=O) groups excluding carboxylic acids is 1. The quantitative estimate of drug-likeness (QED) is 0.327. The second kappa shape index (κ2) is 9.94. The van der Waals surface area contributed by atoms with E-state index in [1.54, 1.807) is 0 Å². The fraction of sp³-hybridized carbons (Fsp3) is 0.435. The molecule has 0 unspecified atom stereocenters. The lowest BCUT2D eigenvalue weighted by Gasteiger charge is -2.24. The molecule has 0 bridgehead atoms. The largest absolute Gasteiger partial charge is 0.360 e. The monoisotopic (exact) mass is 542 g/mol. The summed E-state index contributed by atoms with van der Waals surface area (Å²) in [6, 6.07) is 10.4. The first-order chi connectivity index (χ1) is 16.0. The van der Waals surface area contributed by atoms with Crippen LogP contribution in [-0.2, 0) is 45.9 Å². The van der Waals surface area contributed by atoms with Crippen molar-refractivity contribution < 1.29 is 30.0 Å². The van der Waals surface area contributed by atoms with Crippen LogP contribution in [0, 0.1) is 0 Å². The van der Waals surface area contributed by atoms with Gasteiger partial charge in [-0.3, -0.25) is 0 Å². The molecule has 0 aliphatic carbocycles. The summed E-state index contributed by atoms with van der Waals surface area (Å²) >= 11 is 0. The number of rotatable bonds is 10. The minimum atomic E-state index is -5.51. The number of benzene rings is 2. The molecule has 0 N–H and O–H groups in total. The lowest BCUT2D eigenvalue weighted by molar-refractivity contribution is 0.505. The van der Waals surface area contributed by atoms with Gasteiger partial charge in [0.25, 0.3) is 26.1 Å². The van der Waals surface area contributed by atoms with Gasteiger partial charge < -0.3 is 0 Å². The van der Waals surface area contributed by atoms with E-state index in [0.29, 0.717) is 0 Å². The Kier molecular flexibility index (Phi) is 8.20. The number of hydrogen-bond acceptors (Lipinski definition) is 7. The lowest BCUT2D eigenvalue weighted by atomic mass is 9.82. The first-order valence-corrected chi connectivity index (χ1v) is 15.1. The van der Waals surface area contributed by atoms with E-state index in [9.17, 15) is 30.0 Å². The molecule has 12 heteroatoms. The van der Waals surface area contributed by atoms with Crippen LogP contribution in [0.2, 0.25) is 0 Å². The predicted octanol–water partition coefficient (Wildman–Crippen LogP) is 4.02. The third-order valence-corrected chi connectivity index (χ3v) is 13.1. The topological polar surface area (TPSA) is 135 Å². The Labute approximate surface area is 208 Å². The molecular weight excluding hydrogens is 512 g/mol. The number of hydrogen-bond donors (Lipinski definition) is 0. The van der Waals surface area contributed by atoms with Crippen LogP contribution in [0.1, 0.15) is 65.5 Å². The van der Waals surface area contributed by atoms with Gasteiger partial charge in [0.15, 0.2) is 0 Å². The first kappa shape index (κ1) is 28.9. The van der Waals surface area contributed by atoms with Crippen LogP contribution >= 0.6 is 0 Å². The second-order valence-electron chi connectivity index (χ2n) is 9.33. The molecule has 2 rings (SSSR count). The van der Waals surface area contributed by atoms with Crippen molar-refractivity contribution in [3.05, 3.63) is 59.7 Å². The van der Waals surface area contributed by atoms with Crippen LogP contribution < -0.4 is 0 Å². The van der Waals surface area contributed by atoms with Crippen molar-refractivity contribution in [3.63, 3.8) is 0 Å². The van der Waals surface area contributed by atoms with Crippen LogP contribution in [0.5, 0.6) is 0 Å². The Bertz CT molecular complexity index is 1350. The average molecular weight is 543 g/mol. The summed E-state index contributed by atoms with van der Waals surface area (Å²) < 4.78 is 80.5. The van der Waals surface area contributed by atoms with Crippen molar-refractivity contribution >= 4 is 36.3 Å². The fourth-order valence-corrected chi connectivity index (χ4v) is 8.91. The van der Waals surface area contributed by atoms with Gasteiger partial charge in [0.2, 0.25) is 0 Å². The van der Waals surface area contributed by atoms with E-state index in [1.807, 2.05) is 41.5 Å². The normalized spacial score (nSPS) is 13.5. The summed E-state index contributed by atoms with van der Waals surface area (Å²) in [7, 11) is -15.9. The summed E-state index contributed by atoms with van der Waals surface area (Å²) in [5, 5.41) is 0. The maximum absolute atomic E-state index is 13.4. The van der Waals surface area contributed by atoms with Gasteiger partial charge in [-0.2, -0.15) is 8.42 Å². The van der Waals surface area contributed by atoms with E-state index in [4.69, 9.17) is 0 Å². The van der Waals surface area contributed by atoms with Crippen LogP contribution in [0.4, 0.5) is 0 Å². The molecule has 0 atom stereocenters. The number of nitrogens with zero attached hydrogens (tertiary/aromatic N) is 2. The molecule has 192 valence electrons. The molecule has 0 aliphatic heterocycles. The Hall–Kier alpha value is -2.37. The van der Waals surface area contributed by atoms with E-state index < -0.39 is 43.2 Å². The van der Waals surface area contributed by atoms with Gasteiger partial charge in [-0.05, 0) is 59.1 Å². The fourth-order valence-electron chi connectivity index (χ4n) is 3.19. The predicted molar refractivity (Wildman–Crippen MR) is 133 cm³/mol. The Balaban J connectivity index is 2.73. The van der Waals surface area contributed by atoms with Crippen LogP contribution in [0.25, 0.3) is 0 Å². The summed E-state index contributed by atoms with van der Waals surface area (Å²) in [6.07, 6.45) is 2.21. The van der Waals surface area contributed by atoms with Crippen LogP contribution in [0.3, 0.4) is 0 Å². The van der Waals surface area contributed by atoms with Crippen molar-refractivity contribution in [2.45, 2.75) is 75.0 Å². The maximum Gasteiger partial charge on any atom is 0.360 e. The Morgan fingerprint density at radius 2 is 1.00 bits per heavy atom. The van der Waals surface area contributed by atoms with Crippen LogP contribution in [0.15, 0.2) is 62.7 Å². The molecule has 0 heterocycles. The van der Waals surface area contributed by atoms with Gasteiger partial charge in [-0.25, -0.2) is 21.6 Å². The van der Waals surface area contributed by atoms with Gasteiger partial charge in [0.05, 0.1) is 9.79 Å². The van der Waals surface area contributed by atoms with Gasteiger partial charge in [-0.15, -0.1) is 0 Å². The average Bonchev–Trinajstić information content (AvgIpc) is 2.78. The zero-order chi connectivity index (χ0) is 26.9. The van der Waals surface area contributed by atoms with Gasteiger partial charge in [-0.1, -0.05) is 70.2 Å². The third kappa shape index (κ3) is 5.73. The maximum atomic E-state index is 13.4. The molecule has 0 saturated heterocycles. The van der Waals surface area contributed by atoms with Crippen molar-refractivity contribution in [1.29, 1.82) is 0 Å². The number of sulfonamides is 2. The molecule has 35 heavy (non-hydrogen) atoms. The van der Waals surface area contributed by atoms with Gasteiger partial charge >= 0.3 is 10.2 Å². The van der Waals surface area contributed by atoms with Crippen molar-refractivity contribution in [1.82, 2.24) is 3.12 Å². The summed E-state index contributed by atoms with van der Waals surface area (Å²) in [6.45, 7) is 11.7. The van der Waals surface area contributed by atoms with Crippen molar-refractivity contribution in [3.8, 4) is 0 Å². The smallest absolute Gasteiger partial charge is 0.210 e. The van der Waals surface area contributed by atoms with E-state index in [-0.39, 0.29) is 10.8 Å². The highest BCUT2D eigenvalue weighted by molar-refractivity contribution is 8.17. The molecule has 0 aliphatic rings. The van der Waals surface area contributed by atoms with Crippen LogP contribution in [-0.4, -0.2) is 34.4 Å². The van der Waals surface area contributed by atoms with E-state index in [2.05, 4.69) is 4.40 Å². The molecule has 2 aromatic rings. The molecule has 0 radical (unpaired) electrons. The molecule has 2 aromatic carbocycles. The molecule has 0 amide bonds. The lowest BCUT2D eigenvalue weighted by Crippen LogP contribution is -2.40. The minimum Gasteiger partial charge on any atom is -0.210 e.